The molecular formula is C27H35N3O3. The van der Waals surface area contributed by atoms with E-state index >= 15 is 0 Å². The minimum atomic E-state index is -0.135. The van der Waals surface area contributed by atoms with Gasteiger partial charge in [0.15, 0.2) is 11.5 Å². The highest BCUT2D eigenvalue weighted by molar-refractivity contribution is 5.98. The first kappa shape index (κ1) is 22.2. The molecule has 6 heteroatoms. The highest BCUT2D eigenvalue weighted by atomic mass is 16.5. The lowest BCUT2D eigenvalue weighted by Crippen LogP contribution is -2.54. The van der Waals surface area contributed by atoms with E-state index < -0.39 is 0 Å². The number of amides is 1. The van der Waals surface area contributed by atoms with Gasteiger partial charge < -0.3 is 20.1 Å². The summed E-state index contributed by atoms with van der Waals surface area (Å²) >= 11 is 0. The first-order valence-electron chi connectivity index (χ1n) is 12.2. The molecule has 3 heterocycles. The molecular weight excluding hydrogens is 414 g/mol. The molecule has 0 aliphatic carbocycles. The summed E-state index contributed by atoms with van der Waals surface area (Å²) < 4.78 is 11.8. The number of nitrogens with one attached hydrogen (secondary N) is 2. The van der Waals surface area contributed by atoms with Crippen LogP contribution in [0.4, 0.5) is 0 Å². The fourth-order valence-electron chi connectivity index (χ4n) is 6.10. The molecule has 4 atom stereocenters. The molecule has 0 spiro atoms. The SMILES string of the molecule is COc1c(C(=O)N[C@H](C)c2ccccc2)cc2c(c1OC)[C@H]1C[C@H]3NCCC[C@@H]3CN1CC2. The van der Waals surface area contributed by atoms with E-state index in [0.717, 1.165) is 49.7 Å². The summed E-state index contributed by atoms with van der Waals surface area (Å²) in [6.45, 7) is 5.27. The van der Waals surface area contributed by atoms with Gasteiger partial charge in [0.25, 0.3) is 5.91 Å². The third-order valence-electron chi connectivity index (χ3n) is 7.78. The van der Waals surface area contributed by atoms with Crippen LogP contribution in [0, 0.1) is 5.92 Å². The Kier molecular flexibility index (Phi) is 6.30. The van der Waals surface area contributed by atoms with E-state index in [1.165, 1.54) is 24.0 Å². The predicted octanol–water partition coefficient (Wildman–Crippen LogP) is 3.87. The van der Waals surface area contributed by atoms with Crippen molar-refractivity contribution in [3.63, 3.8) is 0 Å². The number of hydrogen-bond donors (Lipinski definition) is 2. The van der Waals surface area contributed by atoms with Crippen LogP contribution in [-0.2, 0) is 6.42 Å². The van der Waals surface area contributed by atoms with Crippen molar-refractivity contribution in [2.45, 2.75) is 50.7 Å². The van der Waals surface area contributed by atoms with Crippen molar-refractivity contribution in [1.29, 1.82) is 0 Å². The van der Waals surface area contributed by atoms with Crippen LogP contribution >= 0.6 is 0 Å². The van der Waals surface area contributed by atoms with Crippen molar-refractivity contribution in [3.8, 4) is 11.5 Å². The molecule has 0 radical (unpaired) electrons. The monoisotopic (exact) mass is 449 g/mol. The van der Waals surface area contributed by atoms with Crippen LogP contribution in [0.15, 0.2) is 36.4 Å². The van der Waals surface area contributed by atoms with E-state index in [-0.39, 0.29) is 11.9 Å². The molecule has 2 aromatic carbocycles. The summed E-state index contributed by atoms with van der Waals surface area (Å²) in [4.78, 5) is 16.0. The van der Waals surface area contributed by atoms with E-state index in [0.29, 0.717) is 23.4 Å². The Hall–Kier alpha value is -2.57. The van der Waals surface area contributed by atoms with Gasteiger partial charge in [-0.25, -0.2) is 0 Å². The molecule has 0 aromatic heterocycles. The normalized spacial score (nSPS) is 25.2. The fourth-order valence-corrected chi connectivity index (χ4v) is 6.10. The Bertz CT molecular complexity index is 1010. The van der Waals surface area contributed by atoms with Gasteiger partial charge >= 0.3 is 0 Å². The molecule has 3 aliphatic rings. The zero-order valence-corrected chi connectivity index (χ0v) is 19.9. The summed E-state index contributed by atoms with van der Waals surface area (Å²) in [6.07, 6.45) is 4.58. The van der Waals surface area contributed by atoms with E-state index in [4.69, 9.17) is 9.47 Å². The largest absolute Gasteiger partial charge is 0.492 e. The fraction of sp³-hybridized carbons (Fsp3) is 0.519. The number of fused-ring (bicyclic) bond motifs is 4. The minimum absolute atomic E-state index is 0.103. The van der Waals surface area contributed by atoms with Crippen molar-refractivity contribution >= 4 is 5.91 Å². The number of rotatable bonds is 5. The maximum absolute atomic E-state index is 13.4. The Morgan fingerprint density at radius 2 is 1.97 bits per heavy atom. The second kappa shape index (κ2) is 9.35. The lowest BCUT2D eigenvalue weighted by atomic mass is 9.77. The van der Waals surface area contributed by atoms with E-state index in [1.807, 2.05) is 43.3 Å². The van der Waals surface area contributed by atoms with Gasteiger partial charge in [-0.1, -0.05) is 30.3 Å². The molecule has 3 aliphatic heterocycles. The lowest BCUT2D eigenvalue weighted by molar-refractivity contribution is 0.0535. The predicted molar refractivity (Wildman–Crippen MR) is 129 cm³/mol. The highest BCUT2D eigenvalue weighted by Gasteiger charge is 2.42. The van der Waals surface area contributed by atoms with Crippen molar-refractivity contribution in [2.75, 3.05) is 33.9 Å². The van der Waals surface area contributed by atoms with Gasteiger partial charge in [-0.15, -0.1) is 0 Å². The van der Waals surface area contributed by atoms with E-state index in [2.05, 4.69) is 15.5 Å². The topological polar surface area (TPSA) is 62.8 Å². The first-order valence-corrected chi connectivity index (χ1v) is 12.2. The third-order valence-corrected chi connectivity index (χ3v) is 7.78. The molecule has 1 amide bonds. The Morgan fingerprint density at radius 3 is 2.73 bits per heavy atom. The number of nitrogens with zero attached hydrogens (tertiary/aromatic N) is 1. The van der Waals surface area contributed by atoms with Crippen molar-refractivity contribution in [3.05, 3.63) is 58.7 Å². The molecule has 6 nitrogen and oxygen atoms in total. The molecule has 33 heavy (non-hydrogen) atoms. The van der Waals surface area contributed by atoms with Gasteiger partial charge in [-0.2, -0.15) is 0 Å². The number of ether oxygens (including phenoxy) is 2. The lowest BCUT2D eigenvalue weighted by Gasteiger charge is -2.49. The van der Waals surface area contributed by atoms with E-state index in [1.54, 1.807) is 14.2 Å². The molecule has 2 N–H and O–H groups in total. The van der Waals surface area contributed by atoms with Gasteiger partial charge in [0, 0.05) is 30.7 Å². The van der Waals surface area contributed by atoms with Crippen molar-refractivity contribution in [1.82, 2.24) is 15.5 Å². The molecule has 2 aromatic rings. The van der Waals surface area contributed by atoms with Gasteiger partial charge in [-0.05, 0) is 62.3 Å². The number of carbonyl (C=O) groups excluding carboxylic acids is 1. The number of benzene rings is 2. The van der Waals surface area contributed by atoms with Crippen LogP contribution in [-0.4, -0.2) is 50.7 Å². The smallest absolute Gasteiger partial charge is 0.255 e. The highest BCUT2D eigenvalue weighted by Crippen LogP contribution is 2.48. The number of hydrogen-bond acceptors (Lipinski definition) is 5. The van der Waals surface area contributed by atoms with Gasteiger partial charge in [0.2, 0.25) is 0 Å². The summed E-state index contributed by atoms with van der Waals surface area (Å²) in [7, 11) is 3.32. The van der Waals surface area contributed by atoms with Crippen molar-refractivity contribution < 1.29 is 14.3 Å². The standard InChI is InChI=1S/C27H35N3O3/c1-17(18-8-5-4-6-9-18)29-27(31)21-14-19-11-13-30-16-20-10-7-12-28-22(20)15-23(30)24(19)26(33-3)25(21)32-2/h4-6,8-9,14,17,20,22-23,28H,7,10-13,15-16H2,1-3H3,(H,29,31)/t17-,20-,22-,23-/m1/s1. The summed E-state index contributed by atoms with van der Waals surface area (Å²) in [6, 6.07) is 12.8. The van der Waals surface area contributed by atoms with E-state index in [9.17, 15) is 4.79 Å². The Morgan fingerprint density at radius 1 is 1.18 bits per heavy atom. The molecule has 0 saturated carbocycles. The Balaban J connectivity index is 1.48. The van der Waals surface area contributed by atoms with Crippen molar-refractivity contribution in [2.24, 2.45) is 5.92 Å². The van der Waals surface area contributed by atoms with Crippen LogP contribution in [0.3, 0.4) is 0 Å². The molecule has 5 rings (SSSR count). The van der Waals surface area contributed by atoms with Crippen LogP contribution < -0.4 is 20.1 Å². The minimum Gasteiger partial charge on any atom is -0.492 e. The van der Waals surface area contributed by atoms with Gasteiger partial charge in [0.05, 0.1) is 25.8 Å². The maximum atomic E-state index is 13.4. The average Bonchev–Trinajstić information content (AvgIpc) is 2.86. The summed E-state index contributed by atoms with van der Waals surface area (Å²) in [5.41, 5.74) is 4.04. The second-order valence-electron chi connectivity index (χ2n) is 9.63. The van der Waals surface area contributed by atoms with Crippen LogP contribution in [0.25, 0.3) is 0 Å². The molecule has 176 valence electrons. The molecule has 0 bridgehead atoms. The second-order valence-corrected chi connectivity index (χ2v) is 9.63. The zero-order valence-electron chi connectivity index (χ0n) is 19.9. The Labute approximate surface area is 196 Å². The summed E-state index contributed by atoms with van der Waals surface area (Å²) in [5, 5.41) is 6.90. The first-order chi connectivity index (χ1) is 16.1. The number of piperidine rings is 2. The third kappa shape index (κ3) is 4.11. The number of carbonyl (C=O) groups is 1. The molecule has 2 saturated heterocycles. The quantitative estimate of drug-likeness (QED) is 0.726. The molecule has 0 unspecified atom stereocenters. The van der Waals surface area contributed by atoms with Crippen LogP contribution in [0.5, 0.6) is 11.5 Å². The average molecular weight is 450 g/mol. The zero-order chi connectivity index (χ0) is 22.9. The maximum Gasteiger partial charge on any atom is 0.255 e. The number of methoxy groups -OCH3 is 2. The summed E-state index contributed by atoms with van der Waals surface area (Å²) in [5.74, 6) is 1.85. The van der Waals surface area contributed by atoms with Crippen LogP contribution in [0.1, 0.15) is 65.3 Å². The van der Waals surface area contributed by atoms with Gasteiger partial charge in [0.1, 0.15) is 0 Å². The van der Waals surface area contributed by atoms with Crippen LogP contribution in [0.2, 0.25) is 0 Å². The molecule has 2 fully saturated rings. The van der Waals surface area contributed by atoms with Gasteiger partial charge in [-0.3, -0.25) is 9.69 Å².